The van der Waals surface area contributed by atoms with E-state index in [0.717, 1.165) is 12.1 Å². The average Bonchev–Trinajstić information content (AvgIpc) is 2.46. The Hall–Kier alpha value is -2.09. The van der Waals surface area contributed by atoms with Crippen molar-refractivity contribution >= 4 is 33.2 Å². The summed E-state index contributed by atoms with van der Waals surface area (Å²) in [5.41, 5.74) is -1.21. The second-order valence-corrected chi connectivity index (χ2v) is 5.48. The molecule has 8 heteroatoms. The average molecular weight is 391 g/mol. The molecule has 122 valence electrons. The number of nitrogens with one attached hydrogen (secondary N) is 2. The lowest BCUT2D eigenvalue weighted by molar-refractivity contribution is -0.137. The summed E-state index contributed by atoms with van der Waals surface area (Å²) in [6, 6.07) is 8.83. The van der Waals surface area contributed by atoms with Crippen LogP contribution >= 0.6 is 15.9 Å². The molecule has 0 unspecified atom stereocenters. The maximum Gasteiger partial charge on any atom is 0.418 e. The zero-order chi connectivity index (χ0) is 17.0. The SMILES string of the molecule is O=C(CNc1ccc(Br)cc1F)Nc1ccccc1C(F)(F)F. The molecule has 2 N–H and O–H groups in total. The second-order valence-electron chi connectivity index (χ2n) is 4.57. The molecule has 1 amide bonds. The topological polar surface area (TPSA) is 41.1 Å². The molecule has 2 aromatic carbocycles. The smallest absolute Gasteiger partial charge is 0.374 e. The fraction of sp³-hybridized carbons (Fsp3) is 0.133. The van der Waals surface area contributed by atoms with Gasteiger partial charge >= 0.3 is 6.18 Å². The summed E-state index contributed by atoms with van der Waals surface area (Å²) in [7, 11) is 0. The van der Waals surface area contributed by atoms with Crippen LogP contribution in [0.15, 0.2) is 46.9 Å². The molecule has 2 aromatic rings. The van der Waals surface area contributed by atoms with Crippen molar-refractivity contribution in [1.29, 1.82) is 0 Å². The van der Waals surface area contributed by atoms with Gasteiger partial charge in [-0.05, 0) is 30.3 Å². The maximum absolute atomic E-state index is 13.6. The Balaban J connectivity index is 2.03. The summed E-state index contributed by atoms with van der Waals surface area (Å²) < 4.78 is 52.6. The summed E-state index contributed by atoms with van der Waals surface area (Å²) in [5.74, 6) is -1.30. The third-order valence-electron chi connectivity index (χ3n) is 2.88. The molecule has 0 heterocycles. The molecule has 0 aliphatic carbocycles. The zero-order valence-electron chi connectivity index (χ0n) is 11.5. The Kier molecular flexibility index (Phi) is 5.25. The van der Waals surface area contributed by atoms with Crippen LogP contribution in [0.3, 0.4) is 0 Å². The van der Waals surface area contributed by atoms with Gasteiger partial charge in [-0.1, -0.05) is 28.1 Å². The molecular weight excluding hydrogens is 380 g/mol. The first kappa shape index (κ1) is 17.3. The van der Waals surface area contributed by atoms with Crippen LogP contribution in [0.1, 0.15) is 5.56 Å². The predicted molar refractivity (Wildman–Crippen MR) is 82.7 cm³/mol. The van der Waals surface area contributed by atoms with Crippen LogP contribution in [0.2, 0.25) is 0 Å². The van der Waals surface area contributed by atoms with Crippen molar-refractivity contribution in [2.75, 3.05) is 17.2 Å². The van der Waals surface area contributed by atoms with Gasteiger partial charge in [0.15, 0.2) is 0 Å². The number of rotatable bonds is 4. The fourth-order valence-corrected chi connectivity index (χ4v) is 2.18. The molecule has 0 aromatic heterocycles. The first-order valence-corrected chi connectivity index (χ1v) is 7.21. The molecule has 0 atom stereocenters. The number of hydrogen-bond donors (Lipinski definition) is 2. The third kappa shape index (κ3) is 4.69. The summed E-state index contributed by atoms with van der Waals surface area (Å²) >= 11 is 3.09. The number of anilines is 2. The number of amides is 1. The highest BCUT2D eigenvalue weighted by molar-refractivity contribution is 9.10. The number of hydrogen-bond acceptors (Lipinski definition) is 2. The van der Waals surface area contributed by atoms with Gasteiger partial charge in [-0.15, -0.1) is 0 Å². The molecule has 0 spiro atoms. The largest absolute Gasteiger partial charge is 0.418 e. The molecule has 2 rings (SSSR count). The van der Waals surface area contributed by atoms with Gasteiger partial charge in [-0.25, -0.2) is 4.39 Å². The van der Waals surface area contributed by atoms with Gasteiger partial charge in [0, 0.05) is 4.47 Å². The van der Waals surface area contributed by atoms with Gasteiger partial charge in [-0.3, -0.25) is 4.79 Å². The molecule has 23 heavy (non-hydrogen) atoms. The van der Waals surface area contributed by atoms with Crippen LogP contribution in [0.25, 0.3) is 0 Å². The Morgan fingerprint density at radius 3 is 2.43 bits per heavy atom. The summed E-state index contributed by atoms with van der Waals surface area (Å²) in [5, 5.41) is 4.69. The van der Waals surface area contributed by atoms with Crippen molar-refractivity contribution in [3.05, 3.63) is 58.3 Å². The molecular formula is C15H11BrF4N2O. The van der Waals surface area contributed by atoms with E-state index in [9.17, 15) is 22.4 Å². The Labute approximate surface area is 137 Å². The van der Waals surface area contributed by atoms with Crippen LogP contribution in [0.4, 0.5) is 28.9 Å². The molecule has 0 fully saturated rings. The first-order chi connectivity index (χ1) is 10.8. The quantitative estimate of drug-likeness (QED) is 0.745. The highest BCUT2D eigenvalue weighted by Crippen LogP contribution is 2.34. The lowest BCUT2D eigenvalue weighted by Gasteiger charge is -2.14. The van der Waals surface area contributed by atoms with Gasteiger partial charge in [0.2, 0.25) is 5.91 Å². The van der Waals surface area contributed by atoms with Crippen LogP contribution in [-0.4, -0.2) is 12.5 Å². The minimum absolute atomic E-state index is 0.0763. The predicted octanol–water partition coefficient (Wildman–Crippen LogP) is 4.66. The number of halogens is 5. The van der Waals surface area contributed by atoms with Crippen LogP contribution < -0.4 is 10.6 Å². The minimum atomic E-state index is -4.57. The van der Waals surface area contributed by atoms with Gasteiger partial charge in [0.05, 0.1) is 23.5 Å². The van der Waals surface area contributed by atoms with E-state index in [-0.39, 0.29) is 17.9 Å². The van der Waals surface area contributed by atoms with E-state index < -0.39 is 23.5 Å². The first-order valence-electron chi connectivity index (χ1n) is 6.42. The van der Waals surface area contributed by atoms with Gasteiger partial charge in [-0.2, -0.15) is 13.2 Å². The van der Waals surface area contributed by atoms with E-state index in [1.54, 1.807) is 6.07 Å². The van der Waals surface area contributed by atoms with E-state index in [1.165, 1.54) is 24.3 Å². The number of benzene rings is 2. The van der Waals surface area contributed by atoms with E-state index in [1.807, 2.05) is 0 Å². The summed E-state index contributed by atoms with van der Waals surface area (Å²) in [6.07, 6.45) is -4.57. The minimum Gasteiger partial charge on any atom is -0.374 e. The van der Waals surface area contributed by atoms with Crippen molar-refractivity contribution in [1.82, 2.24) is 0 Å². The van der Waals surface area contributed by atoms with E-state index in [2.05, 4.69) is 26.6 Å². The van der Waals surface area contributed by atoms with Crippen LogP contribution in [-0.2, 0) is 11.0 Å². The highest BCUT2D eigenvalue weighted by Gasteiger charge is 2.33. The number of carbonyl (C=O) groups is 1. The summed E-state index contributed by atoms with van der Waals surface area (Å²) in [6.45, 7) is -0.370. The fourth-order valence-electron chi connectivity index (χ4n) is 1.84. The second kappa shape index (κ2) is 6.99. The van der Waals surface area contributed by atoms with Crippen molar-refractivity contribution in [2.24, 2.45) is 0 Å². The monoisotopic (exact) mass is 390 g/mol. The van der Waals surface area contributed by atoms with Gasteiger partial charge < -0.3 is 10.6 Å². The number of carbonyl (C=O) groups excluding carboxylic acids is 1. The lowest BCUT2D eigenvalue weighted by atomic mass is 10.1. The number of para-hydroxylation sites is 1. The molecule has 0 bridgehead atoms. The standard InChI is InChI=1S/C15H11BrF4N2O/c16-9-5-6-13(11(17)7-9)21-8-14(23)22-12-4-2-1-3-10(12)15(18,19)20/h1-7,21H,8H2,(H,22,23). The van der Waals surface area contributed by atoms with Crippen molar-refractivity contribution in [3.8, 4) is 0 Å². The Bertz CT molecular complexity index is 719. The normalized spacial score (nSPS) is 11.2. The van der Waals surface area contributed by atoms with Gasteiger partial charge in [0.25, 0.3) is 0 Å². The molecule has 0 saturated heterocycles. The Morgan fingerprint density at radius 1 is 1.09 bits per heavy atom. The molecule has 3 nitrogen and oxygen atoms in total. The van der Waals surface area contributed by atoms with Crippen molar-refractivity contribution in [3.63, 3.8) is 0 Å². The maximum atomic E-state index is 13.6. The molecule has 0 aliphatic heterocycles. The number of alkyl halides is 3. The van der Waals surface area contributed by atoms with E-state index >= 15 is 0 Å². The van der Waals surface area contributed by atoms with Crippen LogP contribution in [0, 0.1) is 5.82 Å². The molecule has 0 aliphatic rings. The van der Waals surface area contributed by atoms with Crippen molar-refractivity contribution in [2.45, 2.75) is 6.18 Å². The van der Waals surface area contributed by atoms with Crippen LogP contribution in [0.5, 0.6) is 0 Å². The van der Waals surface area contributed by atoms with Gasteiger partial charge in [0.1, 0.15) is 5.82 Å². The summed E-state index contributed by atoms with van der Waals surface area (Å²) in [4.78, 5) is 11.8. The molecule has 0 radical (unpaired) electrons. The van der Waals surface area contributed by atoms with E-state index in [4.69, 9.17) is 0 Å². The highest BCUT2D eigenvalue weighted by atomic mass is 79.9. The molecule has 0 saturated carbocycles. The lowest BCUT2D eigenvalue weighted by Crippen LogP contribution is -2.23. The Morgan fingerprint density at radius 2 is 1.78 bits per heavy atom. The van der Waals surface area contributed by atoms with E-state index in [0.29, 0.717) is 4.47 Å². The van der Waals surface area contributed by atoms with Crippen molar-refractivity contribution < 1.29 is 22.4 Å². The zero-order valence-corrected chi connectivity index (χ0v) is 13.1. The third-order valence-corrected chi connectivity index (χ3v) is 3.37.